The molecule has 1 aliphatic heterocycles. The molecular formula is C14H21NO4. The highest BCUT2D eigenvalue weighted by Gasteiger charge is 2.30. The van der Waals surface area contributed by atoms with E-state index in [0.717, 1.165) is 19.4 Å². The lowest BCUT2D eigenvalue weighted by molar-refractivity contribution is -0.133. The maximum atomic E-state index is 12.0. The van der Waals surface area contributed by atoms with Gasteiger partial charge in [-0.25, -0.2) is 0 Å². The van der Waals surface area contributed by atoms with E-state index in [9.17, 15) is 9.90 Å². The molecule has 1 aliphatic rings. The highest BCUT2D eigenvalue weighted by Crippen LogP contribution is 2.28. The molecule has 0 saturated carbocycles. The second-order valence-corrected chi connectivity index (χ2v) is 4.89. The molecule has 5 nitrogen and oxygen atoms in total. The Balaban J connectivity index is 1.90. The third-order valence-corrected chi connectivity index (χ3v) is 3.58. The van der Waals surface area contributed by atoms with Crippen molar-refractivity contribution < 1.29 is 19.1 Å². The van der Waals surface area contributed by atoms with Crippen LogP contribution in [-0.4, -0.2) is 42.2 Å². The minimum atomic E-state index is -0.643. The van der Waals surface area contributed by atoms with E-state index in [2.05, 4.69) is 0 Å². The molecule has 19 heavy (non-hydrogen) atoms. The SMILES string of the molecule is COCCC(=O)N1CCCC1CC(O)c1ccco1. The number of likely N-dealkylation sites (tertiary alicyclic amines) is 1. The minimum Gasteiger partial charge on any atom is -0.467 e. The van der Waals surface area contributed by atoms with Crippen LogP contribution in [0.15, 0.2) is 22.8 Å². The summed E-state index contributed by atoms with van der Waals surface area (Å²) in [5.74, 6) is 0.673. The number of nitrogens with zero attached hydrogens (tertiary/aromatic N) is 1. The molecule has 0 spiro atoms. The lowest BCUT2D eigenvalue weighted by atomic mass is 10.0. The Labute approximate surface area is 113 Å². The number of carbonyl (C=O) groups excluding carboxylic acids is 1. The Morgan fingerprint density at radius 2 is 2.53 bits per heavy atom. The Kier molecular flexibility index (Phi) is 4.99. The molecule has 5 heteroatoms. The van der Waals surface area contributed by atoms with Gasteiger partial charge in [0.25, 0.3) is 0 Å². The summed E-state index contributed by atoms with van der Waals surface area (Å²) in [6.45, 7) is 1.22. The number of methoxy groups -OCH3 is 1. The summed E-state index contributed by atoms with van der Waals surface area (Å²) >= 11 is 0. The van der Waals surface area contributed by atoms with Crippen molar-refractivity contribution in [3.63, 3.8) is 0 Å². The molecule has 1 saturated heterocycles. The van der Waals surface area contributed by atoms with Gasteiger partial charge in [-0.2, -0.15) is 0 Å². The third kappa shape index (κ3) is 3.58. The number of hydrogen-bond donors (Lipinski definition) is 1. The van der Waals surface area contributed by atoms with Crippen molar-refractivity contribution in [1.82, 2.24) is 4.90 Å². The summed E-state index contributed by atoms with van der Waals surface area (Å²) in [5, 5.41) is 10.1. The molecule has 1 amide bonds. The zero-order valence-corrected chi connectivity index (χ0v) is 11.2. The smallest absolute Gasteiger partial charge is 0.225 e. The Morgan fingerprint density at radius 1 is 1.68 bits per heavy atom. The van der Waals surface area contributed by atoms with Crippen molar-refractivity contribution in [3.05, 3.63) is 24.2 Å². The summed E-state index contributed by atoms with van der Waals surface area (Å²) in [5.41, 5.74) is 0. The fourth-order valence-corrected chi connectivity index (χ4v) is 2.60. The average molecular weight is 267 g/mol. The molecule has 1 aromatic heterocycles. The van der Waals surface area contributed by atoms with E-state index in [1.165, 1.54) is 0 Å². The molecule has 0 bridgehead atoms. The number of ether oxygens (including phenoxy) is 1. The van der Waals surface area contributed by atoms with Gasteiger partial charge in [0.15, 0.2) is 0 Å². The van der Waals surface area contributed by atoms with Crippen LogP contribution in [0.3, 0.4) is 0 Å². The van der Waals surface area contributed by atoms with Crippen LogP contribution in [0.1, 0.15) is 37.5 Å². The summed E-state index contributed by atoms with van der Waals surface area (Å²) in [6.07, 6.45) is 3.78. The summed E-state index contributed by atoms with van der Waals surface area (Å²) in [6, 6.07) is 3.62. The molecule has 1 N–H and O–H groups in total. The molecule has 106 valence electrons. The van der Waals surface area contributed by atoms with Crippen molar-refractivity contribution in [1.29, 1.82) is 0 Å². The van der Waals surface area contributed by atoms with Gasteiger partial charge in [-0.05, 0) is 25.0 Å². The van der Waals surface area contributed by atoms with E-state index in [1.807, 2.05) is 4.90 Å². The monoisotopic (exact) mass is 267 g/mol. The first-order chi connectivity index (χ1) is 9.22. The number of carbonyl (C=O) groups is 1. The van der Waals surface area contributed by atoms with E-state index >= 15 is 0 Å². The molecular weight excluding hydrogens is 246 g/mol. The maximum absolute atomic E-state index is 12.0. The molecule has 1 fully saturated rings. The van der Waals surface area contributed by atoms with Gasteiger partial charge < -0.3 is 19.2 Å². The lowest BCUT2D eigenvalue weighted by Gasteiger charge is -2.26. The van der Waals surface area contributed by atoms with E-state index in [-0.39, 0.29) is 11.9 Å². The van der Waals surface area contributed by atoms with E-state index < -0.39 is 6.10 Å². The minimum absolute atomic E-state index is 0.101. The fourth-order valence-electron chi connectivity index (χ4n) is 2.60. The molecule has 2 unspecified atom stereocenters. The van der Waals surface area contributed by atoms with Gasteiger partial charge in [-0.1, -0.05) is 0 Å². The third-order valence-electron chi connectivity index (χ3n) is 3.58. The van der Waals surface area contributed by atoms with Crippen LogP contribution in [0.2, 0.25) is 0 Å². The van der Waals surface area contributed by atoms with E-state index in [1.54, 1.807) is 25.5 Å². The molecule has 2 rings (SSSR count). The number of hydrogen-bond acceptors (Lipinski definition) is 4. The fraction of sp³-hybridized carbons (Fsp3) is 0.643. The number of aliphatic hydroxyl groups excluding tert-OH is 1. The quantitative estimate of drug-likeness (QED) is 0.852. The molecule has 0 radical (unpaired) electrons. The standard InChI is InChI=1S/C14H21NO4/c1-18-9-6-14(17)15-7-2-4-11(15)10-12(16)13-5-3-8-19-13/h3,5,8,11-12,16H,2,4,6-7,9-10H2,1H3. The van der Waals surface area contributed by atoms with Crippen LogP contribution in [0.25, 0.3) is 0 Å². The zero-order chi connectivity index (χ0) is 13.7. The largest absolute Gasteiger partial charge is 0.467 e. The summed E-state index contributed by atoms with van der Waals surface area (Å²) in [4.78, 5) is 13.9. The first-order valence-electron chi connectivity index (χ1n) is 6.72. The molecule has 2 atom stereocenters. The molecule has 0 aliphatic carbocycles. The highest BCUT2D eigenvalue weighted by atomic mass is 16.5. The van der Waals surface area contributed by atoms with Crippen molar-refractivity contribution in [2.45, 2.75) is 37.8 Å². The van der Waals surface area contributed by atoms with Crippen LogP contribution >= 0.6 is 0 Å². The topological polar surface area (TPSA) is 62.9 Å². The second kappa shape index (κ2) is 6.73. The number of furan rings is 1. The van der Waals surface area contributed by atoms with Gasteiger partial charge >= 0.3 is 0 Å². The predicted molar refractivity (Wildman–Crippen MR) is 69.5 cm³/mol. The highest BCUT2D eigenvalue weighted by molar-refractivity contribution is 5.76. The Morgan fingerprint density at radius 3 is 3.21 bits per heavy atom. The van der Waals surface area contributed by atoms with Gasteiger partial charge in [0, 0.05) is 26.1 Å². The summed E-state index contributed by atoms with van der Waals surface area (Å²) < 4.78 is 10.1. The molecule has 2 heterocycles. The van der Waals surface area contributed by atoms with Gasteiger partial charge in [-0.15, -0.1) is 0 Å². The first kappa shape index (κ1) is 14.1. The van der Waals surface area contributed by atoms with Gasteiger partial charge in [-0.3, -0.25) is 4.79 Å². The van der Waals surface area contributed by atoms with Gasteiger partial charge in [0.1, 0.15) is 11.9 Å². The van der Waals surface area contributed by atoms with Crippen LogP contribution < -0.4 is 0 Å². The van der Waals surface area contributed by atoms with E-state index in [0.29, 0.717) is 25.2 Å². The van der Waals surface area contributed by atoms with Gasteiger partial charge in [0.05, 0.1) is 19.3 Å². The van der Waals surface area contributed by atoms with Crippen molar-refractivity contribution in [2.75, 3.05) is 20.3 Å². The second-order valence-electron chi connectivity index (χ2n) is 4.89. The van der Waals surface area contributed by atoms with E-state index in [4.69, 9.17) is 9.15 Å². The molecule has 1 aromatic rings. The van der Waals surface area contributed by atoms with Gasteiger partial charge in [0.2, 0.25) is 5.91 Å². The van der Waals surface area contributed by atoms with Crippen LogP contribution in [0, 0.1) is 0 Å². The predicted octanol–water partition coefficient (Wildman–Crippen LogP) is 1.73. The number of amides is 1. The number of aliphatic hydroxyl groups is 1. The lowest BCUT2D eigenvalue weighted by Crippen LogP contribution is -2.36. The number of rotatable bonds is 6. The van der Waals surface area contributed by atoms with Crippen molar-refractivity contribution in [2.24, 2.45) is 0 Å². The normalized spacial score (nSPS) is 20.7. The first-order valence-corrected chi connectivity index (χ1v) is 6.72. The van der Waals surface area contributed by atoms with Crippen molar-refractivity contribution in [3.8, 4) is 0 Å². The Hall–Kier alpha value is -1.33. The van der Waals surface area contributed by atoms with Crippen molar-refractivity contribution >= 4 is 5.91 Å². The van der Waals surface area contributed by atoms with Crippen LogP contribution in [0.4, 0.5) is 0 Å². The molecule has 0 aromatic carbocycles. The average Bonchev–Trinajstić information content (AvgIpc) is 3.06. The maximum Gasteiger partial charge on any atom is 0.225 e. The van der Waals surface area contributed by atoms with Crippen LogP contribution in [-0.2, 0) is 9.53 Å². The zero-order valence-electron chi connectivity index (χ0n) is 11.2. The Bertz CT molecular complexity index is 390. The summed E-state index contributed by atoms with van der Waals surface area (Å²) in [7, 11) is 1.59. The van der Waals surface area contributed by atoms with Crippen LogP contribution in [0.5, 0.6) is 0 Å².